The minimum atomic E-state index is -3.78. The van der Waals surface area contributed by atoms with Crippen molar-refractivity contribution in [2.24, 2.45) is 0 Å². The Balaban J connectivity index is 1.83. The van der Waals surface area contributed by atoms with E-state index in [1.165, 1.54) is 23.9 Å². The molecule has 2 aromatic rings. The van der Waals surface area contributed by atoms with Gasteiger partial charge >= 0.3 is 0 Å². The van der Waals surface area contributed by atoms with E-state index in [2.05, 4.69) is 4.72 Å². The van der Waals surface area contributed by atoms with E-state index in [1.54, 1.807) is 35.2 Å². The normalized spacial score (nSPS) is 14.9. The Labute approximate surface area is 174 Å². The second-order valence-electron chi connectivity index (χ2n) is 6.22. The van der Waals surface area contributed by atoms with E-state index in [9.17, 15) is 13.2 Å². The van der Waals surface area contributed by atoms with Gasteiger partial charge in [-0.3, -0.25) is 4.79 Å². The van der Waals surface area contributed by atoms with Crippen LogP contribution >= 0.6 is 23.4 Å². The largest absolute Gasteiger partial charge is 0.378 e. The summed E-state index contributed by atoms with van der Waals surface area (Å²) < 4.78 is 33.3. The molecule has 0 radical (unpaired) electrons. The first-order valence-corrected chi connectivity index (χ1v) is 11.8. The van der Waals surface area contributed by atoms with Crippen molar-refractivity contribution in [2.45, 2.75) is 16.3 Å². The van der Waals surface area contributed by atoms with Crippen LogP contribution in [0.1, 0.15) is 15.9 Å². The smallest absolute Gasteiger partial charge is 0.255 e. The number of carbonyl (C=O) groups excluding carboxylic acids is 1. The summed E-state index contributed by atoms with van der Waals surface area (Å²) in [5, 5.41) is 0.541. The number of hydrogen-bond acceptors (Lipinski definition) is 5. The van der Waals surface area contributed by atoms with Crippen molar-refractivity contribution in [1.29, 1.82) is 0 Å². The highest BCUT2D eigenvalue weighted by atomic mass is 35.5. The van der Waals surface area contributed by atoms with Gasteiger partial charge in [0, 0.05) is 29.6 Å². The molecule has 9 heteroatoms. The fourth-order valence-corrected chi connectivity index (χ4v) is 4.69. The molecule has 6 nitrogen and oxygen atoms in total. The minimum absolute atomic E-state index is 0.0592. The van der Waals surface area contributed by atoms with Crippen LogP contribution in [0.25, 0.3) is 0 Å². The summed E-state index contributed by atoms with van der Waals surface area (Å²) in [7, 11) is -3.78. The van der Waals surface area contributed by atoms with Crippen molar-refractivity contribution < 1.29 is 17.9 Å². The number of thioether (sulfide) groups is 1. The summed E-state index contributed by atoms with van der Waals surface area (Å²) in [4.78, 5) is 15.4. The third kappa shape index (κ3) is 5.07. The van der Waals surface area contributed by atoms with E-state index in [-0.39, 0.29) is 17.3 Å². The van der Waals surface area contributed by atoms with Gasteiger partial charge in [0.1, 0.15) is 0 Å². The summed E-state index contributed by atoms with van der Waals surface area (Å²) in [6.45, 7) is 2.08. The van der Waals surface area contributed by atoms with Gasteiger partial charge in [-0.1, -0.05) is 23.7 Å². The Morgan fingerprint density at radius 2 is 1.96 bits per heavy atom. The molecule has 1 N–H and O–H groups in total. The molecule has 1 amide bonds. The Kier molecular flexibility index (Phi) is 7.00. The van der Waals surface area contributed by atoms with Crippen LogP contribution in [0, 0.1) is 0 Å². The predicted molar refractivity (Wildman–Crippen MR) is 110 cm³/mol. The van der Waals surface area contributed by atoms with E-state index >= 15 is 0 Å². The lowest BCUT2D eigenvalue weighted by Gasteiger charge is -2.27. The zero-order chi connectivity index (χ0) is 20.1. The van der Waals surface area contributed by atoms with Crippen LogP contribution in [0.4, 0.5) is 0 Å². The fraction of sp³-hybridized carbons (Fsp3) is 0.316. The first kappa shape index (κ1) is 21.1. The SMILES string of the molecule is CSc1ccc(S(=O)(=O)NCc2cccc(Cl)c2)cc1C(=O)N1CCOCC1. The number of nitrogens with zero attached hydrogens (tertiary/aromatic N) is 1. The van der Waals surface area contributed by atoms with Gasteiger partial charge in [0.2, 0.25) is 10.0 Å². The molecule has 3 rings (SSSR count). The maximum atomic E-state index is 12.9. The van der Waals surface area contributed by atoms with Gasteiger partial charge in [-0.05, 0) is 42.2 Å². The lowest BCUT2D eigenvalue weighted by molar-refractivity contribution is 0.0300. The quantitative estimate of drug-likeness (QED) is 0.699. The number of hydrogen-bond donors (Lipinski definition) is 1. The standard InChI is InChI=1S/C19H21ClN2O4S2/c1-27-18-6-5-16(12-17(18)19(23)22-7-9-26-10-8-22)28(24,25)21-13-14-3-2-4-15(20)11-14/h2-6,11-12,21H,7-10,13H2,1H3. The summed E-state index contributed by atoms with van der Waals surface area (Å²) in [5.41, 5.74) is 1.14. The monoisotopic (exact) mass is 440 g/mol. The number of carbonyl (C=O) groups is 1. The number of ether oxygens (including phenoxy) is 1. The van der Waals surface area contributed by atoms with E-state index < -0.39 is 10.0 Å². The lowest BCUT2D eigenvalue weighted by Crippen LogP contribution is -2.41. The van der Waals surface area contributed by atoms with Crippen molar-refractivity contribution in [1.82, 2.24) is 9.62 Å². The van der Waals surface area contributed by atoms with Crippen molar-refractivity contribution in [3.63, 3.8) is 0 Å². The zero-order valence-electron chi connectivity index (χ0n) is 15.4. The average molecular weight is 441 g/mol. The van der Waals surface area contributed by atoms with E-state index in [0.29, 0.717) is 36.9 Å². The molecule has 0 saturated carbocycles. The average Bonchev–Trinajstić information content (AvgIpc) is 2.72. The maximum absolute atomic E-state index is 12.9. The molecule has 2 aromatic carbocycles. The topological polar surface area (TPSA) is 75.7 Å². The van der Waals surface area contributed by atoms with Crippen molar-refractivity contribution in [3.05, 3.63) is 58.6 Å². The van der Waals surface area contributed by atoms with Crippen LogP contribution < -0.4 is 4.72 Å². The molecule has 0 unspecified atom stereocenters. The van der Waals surface area contributed by atoms with E-state index in [4.69, 9.17) is 16.3 Å². The highest BCUT2D eigenvalue weighted by Crippen LogP contribution is 2.25. The Morgan fingerprint density at radius 1 is 1.21 bits per heavy atom. The van der Waals surface area contributed by atoms with Crippen molar-refractivity contribution in [3.8, 4) is 0 Å². The van der Waals surface area contributed by atoms with Gasteiger partial charge in [0.15, 0.2) is 0 Å². The Morgan fingerprint density at radius 3 is 2.64 bits per heavy atom. The minimum Gasteiger partial charge on any atom is -0.378 e. The van der Waals surface area contributed by atoms with Crippen LogP contribution in [-0.2, 0) is 21.3 Å². The molecule has 1 heterocycles. The van der Waals surface area contributed by atoms with Crippen LogP contribution in [0.3, 0.4) is 0 Å². The number of nitrogens with one attached hydrogen (secondary N) is 1. The molecule has 1 saturated heterocycles. The maximum Gasteiger partial charge on any atom is 0.255 e. The van der Waals surface area contributed by atoms with Gasteiger partial charge in [-0.15, -0.1) is 11.8 Å². The van der Waals surface area contributed by atoms with Crippen LogP contribution in [-0.4, -0.2) is 51.8 Å². The second kappa shape index (κ2) is 9.28. The molecule has 0 aliphatic carbocycles. The molecule has 1 aliphatic heterocycles. The molecule has 0 atom stereocenters. The van der Waals surface area contributed by atoms with Gasteiger partial charge in [0.25, 0.3) is 5.91 Å². The van der Waals surface area contributed by atoms with Gasteiger partial charge in [0.05, 0.1) is 23.7 Å². The Hall–Kier alpha value is -1.58. The molecule has 1 fully saturated rings. The molecule has 1 aliphatic rings. The van der Waals surface area contributed by atoms with Crippen LogP contribution in [0.5, 0.6) is 0 Å². The van der Waals surface area contributed by atoms with Crippen molar-refractivity contribution >= 4 is 39.3 Å². The van der Waals surface area contributed by atoms with Gasteiger partial charge in [-0.25, -0.2) is 13.1 Å². The van der Waals surface area contributed by atoms with E-state index in [1.807, 2.05) is 6.26 Å². The first-order chi connectivity index (χ1) is 13.4. The van der Waals surface area contributed by atoms with Crippen molar-refractivity contribution in [2.75, 3.05) is 32.6 Å². The van der Waals surface area contributed by atoms with Crippen LogP contribution in [0.15, 0.2) is 52.3 Å². The lowest BCUT2D eigenvalue weighted by atomic mass is 10.2. The number of amides is 1. The highest BCUT2D eigenvalue weighted by molar-refractivity contribution is 7.98. The number of halogens is 1. The van der Waals surface area contributed by atoms with Crippen LogP contribution in [0.2, 0.25) is 5.02 Å². The zero-order valence-corrected chi connectivity index (χ0v) is 17.7. The third-order valence-electron chi connectivity index (χ3n) is 4.37. The number of morpholine rings is 1. The molecular formula is C19H21ClN2O4S2. The Bertz CT molecular complexity index is 960. The number of sulfonamides is 1. The molecule has 0 spiro atoms. The first-order valence-electron chi connectivity index (χ1n) is 8.70. The predicted octanol–water partition coefficient (Wildman–Crippen LogP) is 3.01. The summed E-state index contributed by atoms with van der Waals surface area (Å²) in [6.07, 6.45) is 1.86. The van der Waals surface area contributed by atoms with Gasteiger partial charge in [-0.2, -0.15) is 0 Å². The van der Waals surface area contributed by atoms with E-state index in [0.717, 1.165) is 10.5 Å². The second-order valence-corrected chi connectivity index (χ2v) is 9.27. The molecular weight excluding hydrogens is 420 g/mol. The molecule has 0 bridgehead atoms. The number of benzene rings is 2. The fourth-order valence-electron chi connectivity index (χ4n) is 2.87. The molecule has 28 heavy (non-hydrogen) atoms. The summed E-state index contributed by atoms with van der Waals surface area (Å²) in [5.74, 6) is -0.181. The summed E-state index contributed by atoms with van der Waals surface area (Å²) in [6, 6.07) is 11.6. The molecule has 150 valence electrons. The molecule has 0 aromatic heterocycles. The summed E-state index contributed by atoms with van der Waals surface area (Å²) >= 11 is 7.35. The highest BCUT2D eigenvalue weighted by Gasteiger charge is 2.24. The van der Waals surface area contributed by atoms with Gasteiger partial charge < -0.3 is 9.64 Å². The number of rotatable bonds is 6. The third-order valence-corrected chi connectivity index (χ3v) is 6.80.